The quantitative estimate of drug-likeness (QED) is 0.456. The largest absolute Gasteiger partial charge is 0.494 e. The predicted molar refractivity (Wildman–Crippen MR) is 80.9 cm³/mol. The first-order valence-electron chi connectivity index (χ1n) is 6.36. The van der Waals surface area contributed by atoms with Gasteiger partial charge in [-0.15, -0.1) is 0 Å². The lowest BCUT2D eigenvalue weighted by Gasteiger charge is -2.08. The number of nitro groups is 1. The van der Waals surface area contributed by atoms with Crippen LogP contribution in [0.5, 0.6) is 11.5 Å². The third kappa shape index (κ3) is 3.95. The van der Waals surface area contributed by atoms with Crippen LogP contribution in [0.3, 0.4) is 0 Å². The number of carbonyl (C=O) groups is 1. The van der Waals surface area contributed by atoms with Crippen molar-refractivity contribution in [3.8, 4) is 11.5 Å². The first kappa shape index (κ1) is 16.7. The maximum Gasteiger partial charge on any atom is 0.271 e. The van der Waals surface area contributed by atoms with Crippen LogP contribution in [0.1, 0.15) is 10.4 Å². The van der Waals surface area contributed by atoms with Gasteiger partial charge >= 0.3 is 0 Å². The molecule has 0 heterocycles. The molecule has 0 aliphatic carbocycles. The number of nitro benzene ring substituents is 1. The van der Waals surface area contributed by atoms with E-state index < -0.39 is 16.5 Å². The number of carbonyl (C=O) groups excluding carboxylic acids is 1. The third-order valence-electron chi connectivity index (χ3n) is 2.96. The van der Waals surface area contributed by atoms with Crippen molar-refractivity contribution in [1.82, 2.24) is 0 Å². The molecule has 120 valence electrons. The molecule has 0 saturated heterocycles. The fourth-order valence-corrected chi connectivity index (χ4v) is 2.02. The molecule has 23 heavy (non-hydrogen) atoms. The lowest BCUT2D eigenvalue weighted by molar-refractivity contribution is -0.384. The third-order valence-corrected chi connectivity index (χ3v) is 3.25. The standard InChI is InChI=1S/C15H11ClFNO5/c1-22-15-4-2-9(6-12(15)17)13(19)8-23-14-5-3-10(18(20)21)7-11(14)16/h2-7H,8H2,1H3. The Kier molecular flexibility index (Phi) is 5.13. The average molecular weight is 340 g/mol. The fraction of sp³-hybridized carbons (Fsp3) is 0.133. The topological polar surface area (TPSA) is 78.7 Å². The average Bonchev–Trinajstić information content (AvgIpc) is 2.53. The Bertz CT molecular complexity index is 766. The summed E-state index contributed by atoms with van der Waals surface area (Å²) in [6.45, 7) is -0.386. The summed E-state index contributed by atoms with van der Waals surface area (Å²) in [6, 6.07) is 7.41. The van der Waals surface area contributed by atoms with Crippen molar-refractivity contribution in [3.05, 3.63) is 62.9 Å². The second-order valence-corrected chi connectivity index (χ2v) is 4.84. The van der Waals surface area contributed by atoms with Gasteiger partial charge in [0.15, 0.2) is 24.0 Å². The van der Waals surface area contributed by atoms with Crippen LogP contribution in [0.15, 0.2) is 36.4 Å². The molecule has 0 N–H and O–H groups in total. The molecule has 0 spiro atoms. The number of ether oxygens (including phenoxy) is 2. The molecule has 2 aromatic carbocycles. The van der Waals surface area contributed by atoms with Gasteiger partial charge in [-0.2, -0.15) is 0 Å². The zero-order valence-electron chi connectivity index (χ0n) is 11.9. The molecule has 2 aromatic rings. The second-order valence-electron chi connectivity index (χ2n) is 4.43. The van der Waals surface area contributed by atoms with E-state index in [1.54, 1.807) is 0 Å². The van der Waals surface area contributed by atoms with Gasteiger partial charge in [-0.3, -0.25) is 14.9 Å². The van der Waals surface area contributed by atoms with Crippen LogP contribution >= 0.6 is 11.6 Å². The van der Waals surface area contributed by atoms with Crippen LogP contribution in [0, 0.1) is 15.9 Å². The number of ketones is 1. The Labute approximate surface area is 135 Å². The van der Waals surface area contributed by atoms with E-state index >= 15 is 0 Å². The Morgan fingerprint density at radius 2 is 1.96 bits per heavy atom. The number of nitrogens with zero attached hydrogens (tertiary/aromatic N) is 1. The molecule has 0 amide bonds. The Balaban J connectivity index is 2.07. The van der Waals surface area contributed by atoms with Crippen LogP contribution < -0.4 is 9.47 Å². The van der Waals surface area contributed by atoms with Crippen LogP contribution in [-0.4, -0.2) is 24.4 Å². The highest BCUT2D eigenvalue weighted by Gasteiger charge is 2.14. The van der Waals surface area contributed by atoms with Gasteiger partial charge < -0.3 is 9.47 Å². The number of hydrogen-bond acceptors (Lipinski definition) is 5. The number of Topliss-reactive ketones (excluding diaryl/α,β-unsaturated/α-hetero) is 1. The lowest BCUT2D eigenvalue weighted by atomic mass is 10.1. The van der Waals surface area contributed by atoms with Gasteiger partial charge in [0, 0.05) is 17.7 Å². The maximum atomic E-state index is 13.6. The molecule has 0 fully saturated rings. The number of non-ortho nitro benzene ring substituents is 1. The zero-order chi connectivity index (χ0) is 17.0. The van der Waals surface area contributed by atoms with Gasteiger partial charge in [-0.05, 0) is 24.3 Å². The van der Waals surface area contributed by atoms with Crippen LogP contribution in [0.4, 0.5) is 10.1 Å². The minimum atomic E-state index is -0.660. The molecule has 8 heteroatoms. The van der Waals surface area contributed by atoms with Crippen LogP contribution in [0.25, 0.3) is 0 Å². The normalized spacial score (nSPS) is 10.2. The molecule has 0 aliphatic rings. The summed E-state index contributed by atoms with van der Waals surface area (Å²) in [5.41, 5.74) is -0.0766. The first-order valence-corrected chi connectivity index (χ1v) is 6.73. The molecule has 0 saturated carbocycles. The summed E-state index contributed by atoms with van der Waals surface area (Å²) in [6.07, 6.45) is 0. The van der Waals surface area contributed by atoms with Gasteiger partial charge in [-0.25, -0.2) is 4.39 Å². The van der Waals surface area contributed by atoms with Crippen molar-refractivity contribution in [2.45, 2.75) is 0 Å². The van der Waals surface area contributed by atoms with E-state index in [1.807, 2.05) is 0 Å². The van der Waals surface area contributed by atoms with E-state index in [4.69, 9.17) is 21.1 Å². The predicted octanol–water partition coefficient (Wildman–Crippen LogP) is 3.66. The molecule has 0 aliphatic heterocycles. The fourth-order valence-electron chi connectivity index (χ4n) is 1.79. The Morgan fingerprint density at radius 3 is 2.52 bits per heavy atom. The molecule has 0 bridgehead atoms. The zero-order valence-corrected chi connectivity index (χ0v) is 12.7. The summed E-state index contributed by atoms with van der Waals surface area (Å²) in [5.74, 6) is -0.979. The molecule has 0 aromatic heterocycles. The molecule has 2 rings (SSSR count). The van der Waals surface area contributed by atoms with Gasteiger partial charge in [0.05, 0.1) is 17.1 Å². The number of methoxy groups -OCH3 is 1. The Morgan fingerprint density at radius 1 is 1.26 bits per heavy atom. The van der Waals surface area contributed by atoms with Crippen molar-refractivity contribution in [2.24, 2.45) is 0 Å². The molecular formula is C15H11ClFNO5. The smallest absolute Gasteiger partial charge is 0.271 e. The van der Waals surface area contributed by atoms with E-state index in [0.29, 0.717) is 0 Å². The van der Waals surface area contributed by atoms with Crippen molar-refractivity contribution in [3.63, 3.8) is 0 Å². The monoisotopic (exact) mass is 339 g/mol. The highest BCUT2D eigenvalue weighted by atomic mass is 35.5. The van der Waals surface area contributed by atoms with Crippen molar-refractivity contribution in [1.29, 1.82) is 0 Å². The Hall–Kier alpha value is -2.67. The van der Waals surface area contributed by atoms with E-state index in [-0.39, 0.29) is 34.4 Å². The van der Waals surface area contributed by atoms with Crippen molar-refractivity contribution < 1.29 is 23.6 Å². The van der Waals surface area contributed by atoms with Crippen LogP contribution in [-0.2, 0) is 0 Å². The van der Waals surface area contributed by atoms with Crippen molar-refractivity contribution >= 4 is 23.1 Å². The number of rotatable bonds is 6. The summed E-state index contributed by atoms with van der Waals surface area (Å²) in [5, 5.41) is 10.6. The van der Waals surface area contributed by atoms with Gasteiger partial charge in [0.1, 0.15) is 5.75 Å². The molecule has 0 atom stereocenters. The van der Waals surface area contributed by atoms with Gasteiger partial charge in [0.2, 0.25) is 0 Å². The van der Waals surface area contributed by atoms with E-state index in [2.05, 4.69) is 0 Å². The molecule has 0 radical (unpaired) electrons. The summed E-state index contributed by atoms with van der Waals surface area (Å²) < 4.78 is 23.5. The van der Waals surface area contributed by atoms with E-state index in [0.717, 1.165) is 12.1 Å². The highest BCUT2D eigenvalue weighted by Crippen LogP contribution is 2.28. The van der Waals surface area contributed by atoms with Crippen LogP contribution in [0.2, 0.25) is 5.02 Å². The summed E-state index contributed by atoms with van der Waals surface area (Å²) >= 11 is 5.85. The van der Waals surface area contributed by atoms with Crippen molar-refractivity contribution in [2.75, 3.05) is 13.7 Å². The highest BCUT2D eigenvalue weighted by molar-refractivity contribution is 6.32. The van der Waals surface area contributed by atoms with E-state index in [1.165, 1.54) is 31.4 Å². The molecular weight excluding hydrogens is 329 g/mol. The molecule has 0 unspecified atom stereocenters. The SMILES string of the molecule is COc1ccc(C(=O)COc2ccc([N+](=O)[O-])cc2Cl)cc1F. The maximum absolute atomic E-state index is 13.6. The van der Waals surface area contributed by atoms with Gasteiger partial charge in [-0.1, -0.05) is 11.6 Å². The number of halogens is 2. The minimum Gasteiger partial charge on any atom is -0.494 e. The minimum absolute atomic E-state index is 0.00733. The van der Waals surface area contributed by atoms with Gasteiger partial charge in [0.25, 0.3) is 5.69 Å². The molecule has 6 nitrogen and oxygen atoms in total. The van der Waals surface area contributed by atoms with E-state index in [9.17, 15) is 19.3 Å². The number of benzene rings is 2. The first-order chi connectivity index (χ1) is 10.9. The number of hydrogen-bond donors (Lipinski definition) is 0. The lowest BCUT2D eigenvalue weighted by Crippen LogP contribution is -2.12. The summed E-state index contributed by atoms with van der Waals surface area (Å²) in [4.78, 5) is 22.0. The summed E-state index contributed by atoms with van der Waals surface area (Å²) in [7, 11) is 1.32. The second kappa shape index (κ2) is 7.06.